The second-order valence-corrected chi connectivity index (χ2v) is 4.88. The van der Waals surface area contributed by atoms with Crippen LogP contribution in [-0.2, 0) is 4.79 Å². The Hall–Kier alpha value is -0.710. The van der Waals surface area contributed by atoms with Gasteiger partial charge in [0.05, 0.1) is 0 Å². The molecule has 2 aliphatic rings. The summed E-state index contributed by atoms with van der Waals surface area (Å²) in [7, 11) is 0. The van der Waals surface area contributed by atoms with E-state index in [2.05, 4.69) is 0 Å². The van der Waals surface area contributed by atoms with E-state index in [1.807, 2.05) is 0 Å². The zero-order valence-corrected chi connectivity index (χ0v) is 9.33. The Balaban J connectivity index is 2.06. The van der Waals surface area contributed by atoms with Crippen molar-refractivity contribution >= 4 is 5.97 Å². The molecule has 0 unspecified atom stereocenters. The quantitative estimate of drug-likeness (QED) is 0.808. The van der Waals surface area contributed by atoms with Gasteiger partial charge in [0.1, 0.15) is 6.04 Å². The van der Waals surface area contributed by atoms with Crippen LogP contribution >= 0.6 is 0 Å². The minimum atomic E-state index is -2.59. The van der Waals surface area contributed by atoms with Crippen molar-refractivity contribution in [2.45, 2.75) is 38.2 Å². The van der Waals surface area contributed by atoms with Gasteiger partial charge in [-0.3, -0.25) is 9.69 Å². The van der Waals surface area contributed by atoms with Crippen LogP contribution in [0.4, 0.5) is 8.78 Å². The summed E-state index contributed by atoms with van der Waals surface area (Å²) >= 11 is 0. The average Bonchev–Trinajstić information content (AvgIpc) is 2.69. The number of carbonyl (C=O) groups is 1. The summed E-state index contributed by atoms with van der Waals surface area (Å²) in [6.07, 6.45) is 0.977. The highest BCUT2D eigenvalue weighted by Crippen LogP contribution is 2.48. The molecule has 0 bridgehead atoms. The van der Waals surface area contributed by atoms with E-state index >= 15 is 0 Å². The van der Waals surface area contributed by atoms with Gasteiger partial charge in [-0.2, -0.15) is 0 Å². The highest BCUT2D eigenvalue weighted by atomic mass is 19.3. The molecule has 3 nitrogen and oxygen atoms in total. The first-order chi connectivity index (χ1) is 7.45. The van der Waals surface area contributed by atoms with Crippen molar-refractivity contribution < 1.29 is 18.7 Å². The molecule has 1 aliphatic carbocycles. The number of halogens is 2. The molecule has 0 radical (unpaired) electrons. The topological polar surface area (TPSA) is 40.5 Å². The smallest absolute Gasteiger partial charge is 0.320 e. The Labute approximate surface area is 93.4 Å². The number of carboxylic acids is 1. The third kappa shape index (κ3) is 1.81. The summed E-state index contributed by atoms with van der Waals surface area (Å²) in [5, 5.41) is 9.00. The van der Waals surface area contributed by atoms with Crippen molar-refractivity contribution in [1.29, 1.82) is 0 Å². The highest BCUT2D eigenvalue weighted by molar-refractivity contribution is 5.73. The highest BCUT2D eigenvalue weighted by Gasteiger charge is 2.54. The van der Waals surface area contributed by atoms with E-state index in [1.165, 1.54) is 0 Å². The predicted octanol–water partition coefficient (Wildman–Crippen LogP) is 1.83. The maximum atomic E-state index is 13.5. The van der Waals surface area contributed by atoms with Gasteiger partial charge in [0.25, 0.3) is 5.92 Å². The second kappa shape index (κ2) is 3.95. The fourth-order valence-corrected chi connectivity index (χ4v) is 3.08. The van der Waals surface area contributed by atoms with Gasteiger partial charge < -0.3 is 5.11 Å². The van der Waals surface area contributed by atoms with Crippen LogP contribution in [0.2, 0.25) is 0 Å². The molecule has 5 heteroatoms. The molecule has 2 fully saturated rings. The fourth-order valence-electron chi connectivity index (χ4n) is 3.08. The zero-order valence-electron chi connectivity index (χ0n) is 9.33. The third-order valence-electron chi connectivity index (χ3n) is 3.97. The fraction of sp³-hybridized carbons (Fsp3) is 0.909. The second-order valence-electron chi connectivity index (χ2n) is 4.88. The Bertz CT molecular complexity index is 296. The molecular weight excluding hydrogens is 216 g/mol. The molecule has 92 valence electrons. The summed E-state index contributed by atoms with van der Waals surface area (Å²) in [5.74, 6) is -4.12. The first-order valence-electron chi connectivity index (χ1n) is 5.80. The lowest BCUT2D eigenvalue weighted by atomic mass is 9.99. The number of carboxylic acid groups (broad SMARTS) is 1. The molecule has 2 rings (SSSR count). The average molecular weight is 233 g/mol. The number of likely N-dealkylation sites (tertiary alicyclic amines) is 1. The number of hydrogen-bond acceptors (Lipinski definition) is 2. The van der Waals surface area contributed by atoms with Crippen molar-refractivity contribution in [1.82, 2.24) is 4.90 Å². The maximum absolute atomic E-state index is 13.5. The van der Waals surface area contributed by atoms with Crippen molar-refractivity contribution in [2.75, 3.05) is 13.1 Å². The molecule has 1 heterocycles. The Morgan fingerprint density at radius 2 is 2.25 bits per heavy atom. The first kappa shape index (κ1) is 11.8. The Morgan fingerprint density at radius 1 is 1.56 bits per heavy atom. The van der Waals surface area contributed by atoms with E-state index in [0.717, 1.165) is 0 Å². The monoisotopic (exact) mass is 233 g/mol. The normalized spacial score (nSPS) is 34.9. The molecule has 0 aromatic rings. The molecule has 0 spiro atoms. The molecular formula is C11H17F2NO2. The first-order valence-corrected chi connectivity index (χ1v) is 5.80. The number of alkyl halides is 2. The summed E-state index contributed by atoms with van der Waals surface area (Å²) in [6.45, 7) is 2.54. The van der Waals surface area contributed by atoms with Crippen LogP contribution in [0.1, 0.15) is 26.2 Å². The van der Waals surface area contributed by atoms with Crippen LogP contribution in [0.25, 0.3) is 0 Å². The molecule has 1 saturated heterocycles. The van der Waals surface area contributed by atoms with Gasteiger partial charge >= 0.3 is 5.97 Å². The lowest BCUT2D eigenvalue weighted by Gasteiger charge is -2.25. The van der Waals surface area contributed by atoms with Crippen molar-refractivity contribution in [3.63, 3.8) is 0 Å². The van der Waals surface area contributed by atoms with E-state index in [1.54, 1.807) is 11.8 Å². The number of hydrogen-bond donors (Lipinski definition) is 1. The molecule has 1 N–H and O–H groups in total. The van der Waals surface area contributed by atoms with Crippen LogP contribution < -0.4 is 0 Å². The van der Waals surface area contributed by atoms with Gasteiger partial charge in [-0.25, -0.2) is 8.78 Å². The summed E-state index contributed by atoms with van der Waals surface area (Å²) in [4.78, 5) is 12.7. The van der Waals surface area contributed by atoms with Crippen molar-refractivity contribution in [2.24, 2.45) is 11.8 Å². The van der Waals surface area contributed by atoms with E-state index in [4.69, 9.17) is 5.11 Å². The van der Waals surface area contributed by atoms with Crippen LogP contribution in [0.5, 0.6) is 0 Å². The van der Waals surface area contributed by atoms with Gasteiger partial charge in [0.15, 0.2) is 0 Å². The minimum Gasteiger partial charge on any atom is -0.480 e. The van der Waals surface area contributed by atoms with Gasteiger partial charge in [-0.05, 0) is 18.8 Å². The van der Waals surface area contributed by atoms with Crippen LogP contribution in [0, 0.1) is 11.8 Å². The third-order valence-corrected chi connectivity index (χ3v) is 3.97. The summed E-state index contributed by atoms with van der Waals surface area (Å²) in [6, 6.07) is -0.596. The Kier molecular flexibility index (Phi) is 2.90. The van der Waals surface area contributed by atoms with Crippen molar-refractivity contribution in [3.8, 4) is 0 Å². The number of nitrogens with zero attached hydrogens (tertiary/aromatic N) is 1. The standard InChI is InChI=1S/C11H17F2NO2/c1-2-9(10(15)16)14-5-7-3-4-11(12,13)8(7)6-14/h7-9H,2-6H2,1H3,(H,15,16)/t7-,8-,9+/m0/s1. The Morgan fingerprint density at radius 3 is 2.75 bits per heavy atom. The van der Waals surface area contributed by atoms with Crippen LogP contribution in [0.15, 0.2) is 0 Å². The molecule has 1 saturated carbocycles. The summed E-state index contributed by atoms with van der Waals surface area (Å²) in [5.41, 5.74) is 0. The molecule has 16 heavy (non-hydrogen) atoms. The van der Waals surface area contributed by atoms with Crippen LogP contribution in [0.3, 0.4) is 0 Å². The summed E-state index contributed by atoms with van der Waals surface area (Å²) < 4.78 is 26.9. The molecule has 1 aliphatic heterocycles. The maximum Gasteiger partial charge on any atom is 0.320 e. The number of rotatable bonds is 3. The lowest BCUT2D eigenvalue weighted by molar-refractivity contribution is -0.143. The zero-order chi connectivity index (χ0) is 11.9. The minimum absolute atomic E-state index is 0.0107. The molecule has 0 aromatic carbocycles. The predicted molar refractivity (Wildman–Crippen MR) is 54.4 cm³/mol. The van der Waals surface area contributed by atoms with E-state index in [9.17, 15) is 13.6 Å². The van der Waals surface area contributed by atoms with E-state index in [-0.39, 0.29) is 18.9 Å². The van der Waals surface area contributed by atoms with Crippen molar-refractivity contribution in [3.05, 3.63) is 0 Å². The van der Waals surface area contributed by atoms with Gasteiger partial charge in [0.2, 0.25) is 0 Å². The SMILES string of the molecule is CC[C@H](C(=O)O)N1C[C@@H]2CCC(F)(F)[C@H]2C1. The number of aliphatic carboxylic acids is 1. The van der Waals surface area contributed by atoms with Gasteiger partial charge in [0, 0.05) is 25.4 Å². The number of fused-ring (bicyclic) bond motifs is 1. The van der Waals surface area contributed by atoms with Crippen LogP contribution in [-0.4, -0.2) is 41.0 Å². The molecule has 0 amide bonds. The largest absolute Gasteiger partial charge is 0.480 e. The van der Waals surface area contributed by atoms with E-state index < -0.39 is 23.9 Å². The molecule has 3 atom stereocenters. The van der Waals surface area contributed by atoms with E-state index in [0.29, 0.717) is 19.4 Å². The molecule has 0 aromatic heterocycles. The lowest BCUT2D eigenvalue weighted by Crippen LogP contribution is -2.40. The van der Waals surface area contributed by atoms with Gasteiger partial charge in [-0.1, -0.05) is 6.92 Å². The van der Waals surface area contributed by atoms with Gasteiger partial charge in [-0.15, -0.1) is 0 Å².